The molecular formula is C30H27N3O3S. The lowest BCUT2D eigenvalue weighted by atomic mass is 9.91. The number of pyridine rings is 1. The lowest BCUT2D eigenvalue weighted by molar-refractivity contribution is -0.139. The fourth-order valence-corrected chi connectivity index (χ4v) is 5.90. The number of carbonyl (C=O) groups is 1. The number of aromatic amines is 1. The van der Waals surface area contributed by atoms with Gasteiger partial charge < -0.3 is 14.3 Å². The quantitative estimate of drug-likeness (QED) is 0.314. The zero-order chi connectivity index (χ0) is 25.2. The van der Waals surface area contributed by atoms with E-state index in [2.05, 4.69) is 34.1 Å². The Morgan fingerprint density at radius 2 is 1.95 bits per heavy atom. The largest absolute Gasteiger partial charge is 0.467 e. The fraction of sp³-hybridized carbons (Fsp3) is 0.200. The van der Waals surface area contributed by atoms with Crippen molar-refractivity contribution in [2.24, 2.45) is 0 Å². The highest BCUT2D eigenvalue weighted by atomic mass is 32.1. The summed E-state index contributed by atoms with van der Waals surface area (Å²) >= 11 is 1.66. The Kier molecular flexibility index (Phi) is 6.47. The van der Waals surface area contributed by atoms with Crippen LogP contribution in [0.1, 0.15) is 33.4 Å². The van der Waals surface area contributed by atoms with Gasteiger partial charge in [0.25, 0.3) is 0 Å². The van der Waals surface area contributed by atoms with Crippen LogP contribution in [0.4, 0.5) is 0 Å². The first kappa shape index (κ1) is 23.5. The molecule has 186 valence electrons. The average Bonchev–Trinajstić information content (AvgIpc) is 3.63. The Balaban J connectivity index is 1.35. The summed E-state index contributed by atoms with van der Waals surface area (Å²) in [5.74, 6) is 0.839. The molecule has 0 radical (unpaired) electrons. The van der Waals surface area contributed by atoms with E-state index in [1.54, 1.807) is 23.7 Å². The number of amides is 1. The molecule has 37 heavy (non-hydrogen) atoms. The van der Waals surface area contributed by atoms with Crippen molar-refractivity contribution in [3.05, 3.63) is 128 Å². The predicted molar refractivity (Wildman–Crippen MR) is 145 cm³/mol. The molecule has 1 N–H and O–H groups in total. The second-order valence-electron chi connectivity index (χ2n) is 9.42. The van der Waals surface area contributed by atoms with Crippen LogP contribution in [0.5, 0.6) is 0 Å². The first-order valence-electron chi connectivity index (χ1n) is 12.4. The van der Waals surface area contributed by atoms with E-state index in [0.29, 0.717) is 19.6 Å². The third-order valence-corrected chi connectivity index (χ3v) is 7.82. The van der Waals surface area contributed by atoms with Crippen molar-refractivity contribution in [2.75, 3.05) is 6.54 Å². The van der Waals surface area contributed by atoms with Crippen molar-refractivity contribution < 1.29 is 9.21 Å². The molecule has 6 nitrogen and oxygen atoms in total. The molecule has 1 unspecified atom stereocenters. The van der Waals surface area contributed by atoms with E-state index in [1.807, 2.05) is 58.8 Å². The number of thiophene rings is 1. The highest BCUT2D eigenvalue weighted by Gasteiger charge is 2.36. The van der Waals surface area contributed by atoms with Crippen molar-refractivity contribution in [2.45, 2.75) is 32.1 Å². The molecule has 0 bridgehead atoms. The van der Waals surface area contributed by atoms with E-state index in [1.165, 1.54) is 5.56 Å². The predicted octanol–water partition coefficient (Wildman–Crippen LogP) is 5.51. The molecule has 1 aliphatic rings. The molecule has 0 saturated heterocycles. The van der Waals surface area contributed by atoms with Gasteiger partial charge in [-0.25, -0.2) is 0 Å². The third kappa shape index (κ3) is 5.01. The van der Waals surface area contributed by atoms with Gasteiger partial charge in [-0.3, -0.25) is 14.5 Å². The zero-order valence-electron chi connectivity index (χ0n) is 20.3. The standard InChI is InChI=1S/C30H27N3O3S/c34-28-12-10-23-17-21(9-11-27(23)31-28)18-32-14-13-22-5-1-2-8-26(22)29(32)30(35)33(19-24-6-3-15-36-24)20-25-7-4-16-37-25/h1-12,15-17,29H,13-14,18-20H2,(H,31,34). The van der Waals surface area contributed by atoms with Gasteiger partial charge in [0.15, 0.2) is 0 Å². The number of benzene rings is 2. The number of carbonyl (C=O) groups excluding carboxylic acids is 1. The van der Waals surface area contributed by atoms with E-state index < -0.39 is 6.04 Å². The summed E-state index contributed by atoms with van der Waals surface area (Å²) in [6.07, 6.45) is 2.54. The SMILES string of the molecule is O=C(C1c2ccccc2CCN1Cc1ccc2[nH]c(=O)ccc2c1)N(Cc1ccco1)Cc1cccs1. The third-order valence-electron chi connectivity index (χ3n) is 6.96. The molecule has 1 atom stereocenters. The minimum Gasteiger partial charge on any atom is -0.467 e. The highest BCUT2D eigenvalue weighted by Crippen LogP contribution is 2.34. The molecule has 0 aliphatic carbocycles. The van der Waals surface area contributed by atoms with Crippen molar-refractivity contribution in [3.63, 3.8) is 0 Å². The summed E-state index contributed by atoms with van der Waals surface area (Å²) in [5.41, 5.74) is 4.10. The van der Waals surface area contributed by atoms with Gasteiger partial charge in [0.05, 0.1) is 19.4 Å². The topological polar surface area (TPSA) is 69.6 Å². The van der Waals surface area contributed by atoms with Crippen molar-refractivity contribution in [3.8, 4) is 0 Å². The molecule has 2 aromatic carbocycles. The lowest BCUT2D eigenvalue weighted by Gasteiger charge is -2.39. The normalized spacial score (nSPS) is 15.5. The summed E-state index contributed by atoms with van der Waals surface area (Å²) in [6.45, 7) is 2.37. The van der Waals surface area contributed by atoms with E-state index >= 15 is 0 Å². The Hall–Kier alpha value is -3.94. The Labute approximate surface area is 218 Å². The Bertz CT molecular complexity index is 1540. The maximum atomic E-state index is 14.4. The van der Waals surface area contributed by atoms with Gasteiger partial charge in [0, 0.05) is 29.5 Å². The van der Waals surface area contributed by atoms with Crippen LogP contribution < -0.4 is 5.56 Å². The highest BCUT2D eigenvalue weighted by molar-refractivity contribution is 7.09. The number of hydrogen-bond donors (Lipinski definition) is 1. The maximum Gasteiger partial charge on any atom is 0.248 e. The van der Waals surface area contributed by atoms with E-state index in [9.17, 15) is 9.59 Å². The fourth-order valence-electron chi connectivity index (χ4n) is 5.18. The van der Waals surface area contributed by atoms with Crippen LogP contribution in [0.2, 0.25) is 0 Å². The van der Waals surface area contributed by atoms with Crippen LogP contribution in [-0.4, -0.2) is 27.2 Å². The van der Waals surface area contributed by atoms with E-state index in [-0.39, 0.29) is 11.5 Å². The molecule has 5 aromatic rings. The average molecular weight is 510 g/mol. The van der Waals surface area contributed by atoms with Gasteiger partial charge in [-0.1, -0.05) is 36.4 Å². The first-order valence-corrected chi connectivity index (χ1v) is 13.3. The molecule has 0 spiro atoms. The number of hydrogen-bond acceptors (Lipinski definition) is 5. The van der Waals surface area contributed by atoms with Gasteiger partial charge in [-0.05, 0) is 70.3 Å². The molecule has 7 heteroatoms. The van der Waals surface area contributed by atoms with Crippen LogP contribution in [0.3, 0.4) is 0 Å². The minimum atomic E-state index is -0.397. The monoisotopic (exact) mass is 509 g/mol. The van der Waals surface area contributed by atoms with Crippen LogP contribution >= 0.6 is 11.3 Å². The molecule has 4 heterocycles. The molecule has 0 fully saturated rings. The van der Waals surface area contributed by atoms with Crippen LogP contribution in [-0.2, 0) is 30.8 Å². The number of nitrogens with one attached hydrogen (secondary N) is 1. The number of aromatic nitrogens is 1. The molecule has 1 amide bonds. The molecule has 3 aromatic heterocycles. The van der Waals surface area contributed by atoms with Gasteiger partial charge in [-0.15, -0.1) is 11.3 Å². The Morgan fingerprint density at radius 3 is 2.78 bits per heavy atom. The number of furan rings is 1. The van der Waals surface area contributed by atoms with Crippen molar-refractivity contribution >= 4 is 28.1 Å². The number of nitrogens with zero attached hydrogens (tertiary/aromatic N) is 2. The van der Waals surface area contributed by atoms with Gasteiger partial charge >= 0.3 is 0 Å². The molecule has 1 aliphatic heterocycles. The first-order chi connectivity index (χ1) is 18.1. The summed E-state index contributed by atoms with van der Waals surface area (Å²) in [7, 11) is 0. The number of H-pyrrole nitrogens is 1. The minimum absolute atomic E-state index is 0.0714. The molecule has 6 rings (SSSR count). The van der Waals surface area contributed by atoms with Crippen LogP contribution in [0, 0.1) is 0 Å². The summed E-state index contributed by atoms with van der Waals surface area (Å²) in [5, 5.41) is 3.02. The Morgan fingerprint density at radius 1 is 1.03 bits per heavy atom. The summed E-state index contributed by atoms with van der Waals surface area (Å²) in [6, 6.07) is 25.2. The number of fused-ring (bicyclic) bond motifs is 2. The lowest BCUT2D eigenvalue weighted by Crippen LogP contribution is -2.45. The van der Waals surface area contributed by atoms with E-state index in [4.69, 9.17) is 4.42 Å². The van der Waals surface area contributed by atoms with Crippen LogP contribution in [0.15, 0.2) is 99.7 Å². The van der Waals surface area contributed by atoms with Gasteiger partial charge in [-0.2, -0.15) is 0 Å². The molecule has 0 saturated carbocycles. The van der Waals surface area contributed by atoms with Crippen molar-refractivity contribution in [1.29, 1.82) is 0 Å². The van der Waals surface area contributed by atoms with Gasteiger partial charge in [0.2, 0.25) is 11.5 Å². The van der Waals surface area contributed by atoms with Crippen LogP contribution in [0.25, 0.3) is 10.9 Å². The van der Waals surface area contributed by atoms with E-state index in [0.717, 1.165) is 45.6 Å². The van der Waals surface area contributed by atoms with Gasteiger partial charge in [0.1, 0.15) is 11.8 Å². The molecular weight excluding hydrogens is 482 g/mol. The summed E-state index contributed by atoms with van der Waals surface area (Å²) < 4.78 is 5.63. The smallest absolute Gasteiger partial charge is 0.248 e. The number of rotatable bonds is 7. The second-order valence-corrected chi connectivity index (χ2v) is 10.5. The van der Waals surface area contributed by atoms with Crippen molar-refractivity contribution in [1.82, 2.24) is 14.8 Å². The second kappa shape index (κ2) is 10.2. The maximum absolute atomic E-state index is 14.4. The zero-order valence-corrected chi connectivity index (χ0v) is 21.1. The summed E-state index contributed by atoms with van der Waals surface area (Å²) in [4.78, 5) is 34.3.